The molecule has 106 valence electrons. The molecule has 1 unspecified atom stereocenters. The molecule has 1 aliphatic rings. The van der Waals surface area contributed by atoms with E-state index in [4.69, 9.17) is 5.73 Å². The molecule has 1 aromatic rings. The number of hydrogen-bond acceptors (Lipinski definition) is 4. The number of nitrogens with two attached hydrogens (primary N) is 1. The first-order valence-corrected chi connectivity index (χ1v) is 7.40. The van der Waals surface area contributed by atoms with Crippen LogP contribution in [0.5, 0.6) is 0 Å². The number of pyridine rings is 1. The summed E-state index contributed by atoms with van der Waals surface area (Å²) in [5, 5.41) is 0. The number of rotatable bonds is 6. The lowest BCUT2D eigenvalue weighted by molar-refractivity contribution is 0.0864. The maximum absolute atomic E-state index is 5.70. The van der Waals surface area contributed by atoms with Crippen molar-refractivity contribution in [3.8, 4) is 0 Å². The molecule has 4 nitrogen and oxygen atoms in total. The molecule has 0 radical (unpaired) electrons. The molecule has 0 spiro atoms. The van der Waals surface area contributed by atoms with Gasteiger partial charge in [0.2, 0.25) is 0 Å². The molecule has 1 aromatic heterocycles. The van der Waals surface area contributed by atoms with Crippen molar-refractivity contribution < 1.29 is 0 Å². The van der Waals surface area contributed by atoms with Crippen LogP contribution in [0.1, 0.15) is 25.5 Å². The zero-order valence-electron chi connectivity index (χ0n) is 12.0. The van der Waals surface area contributed by atoms with Crippen molar-refractivity contribution in [3.05, 3.63) is 30.1 Å². The van der Waals surface area contributed by atoms with Crippen molar-refractivity contribution in [2.45, 2.75) is 32.4 Å². The van der Waals surface area contributed by atoms with Gasteiger partial charge in [-0.1, -0.05) is 13.0 Å². The van der Waals surface area contributed by atoms with Crippen molar-refractivity contribution in [1.82, 2.24) is 14.8 Å². The molecule has 0 saturated carbocycles. The van der Waals surface area contributed by atoms with Crippen LogP contribution in [0, 0.1) is 0 Å². The third kappa shape index (κ3) is 4.27. The van der Waals surface area contributed by atoms with Crippen LogP contribution in [0.3, 0.4) is 0 Å². The van der Waals surface area contributed by atoms with Gasteiger partial charge in [-0.25, -0.2) is 0 Å². The van der Waals surface area contributed by atoms with Crippen molar-refractivity contribution in [1.29, 1.82) is 0 Å². The molecule has 19 heavy (non-hydrogen) atoms. The highest BCUT2D eigenvalue weighted by molar-refractivity contribution is 5.03. The zero-order chi connectivity index (χ0) is 13.5. The predicted molar refractivity (Wildman–Crippen MR) is 78.8 cm³/mol. The summed E-state index contributed by atoms with van der Waals surface area (Å²) in [7, 11) is 0. The van der Waals surface area contributed by atoms with E-state index in [1.807, 2.05) is 12.3 Å². The first-order valence-electron chi connectivity index (χ1n) is 7.40. The van der Waals surface area contributed by atoms with Crippen molar-refractivity contribution in [2.75, 3.05) is 32.7 Å². The van der Waals surface area contributed by atoms with E-state index < -0.39 is 0 Å². The van der Waals surface area contributed by atoms with Crippen LogP contribution in [0.4, 0.5) is 0 Å². The normalized spacial score (nSPS) is 19.5. The van der Waals surface area contributed by atoms with Crippen LogP contribution < -0.4 is 5.73 Å². The molecule has 0 aliphatic carbocycles. The summed E-state index contributed by atoms with van der Waals surface area (Å²) in [5.41, 5.74) is 6.87. The maximum atomic E-state index is 5.70. The summed E-state index contributed by atoms with van der Waals surface area (Å²) in [6, 6.07) is 6.81. The van der Waals surface area contributed by atoms with E-state index in [-0.39, 0.29) is 0 Å². The molecule has 4 heteroatoms. The van der Waals surface area contributed by atoms with Crippen molar-refractivity contribution >= 4 is 0 Å². The van der Waals surface area contributed by atoms with Gasteiger partial charge in [-0.2, -0.15) is 0 Å². The van der Waals surface area contributed by atoms with Crippen LogP contribution >= 0.6 is 0 Å². The molecule has 1 atom stereocenters. The van der Waals surface area contributed by atoms with Crippen LogP contribution in [0.2, 0.25) is 0 Å². The predicted octanol–water partition coefficient (Wildman–Crippen LogP) is 1.33. The average Bonchev–Trinajstić information content (AvgIpc) is 2.47. The number of aromatic nitrogens is 1. The standard InChI is InChI=1S/C15H26N4/c1-2-15(6-7-16)19-11-9-18(10-12-19)13-14-5-3-4-8-17-14/h3-5,8,15H,2,6-7,9-13,16H2,1H3. The smallest absolute Gasteiger partial charge is 0.0543 e. The first-order chi connectivity index (χ1) is 9.33. The van der Waals surface area contributed by atoms with Crippen molar-refractivity contribution in [3.63, 3.8) is 0 Å². The molecule has 2 rings (SSSR count). The fourth-order valence-corrected chi connectivity index (χ4v) is 2.84. The van der Waals surface area contributed by atoms with Crippen molar-refractivity contribution in [2.24, 2.45) is 5.73 Å². The van der Waals surface area contributed by atoms with Gasteiger partial charge in [-0.3, -0.25) is 14.8 Å². The third-order valence-corrected chi connectivity index (χ3v) is 4.01. The summed E-state index contributed by atoms with van der Waals surface area (Å²) in [6.45, 7) is 8.63. The highest BCUT2D eigenvalue weighted by atomic mass is 15.3. The fourth-order valence-electron chi connectivity index (χ4n) is 2.84. The van der Waals surface area contributed by atoms with Gasteiger partial charge in [-0.15, -0.1) is 0 Å². The monoisotopic (exact) mass is 262 g/mol. The Hall–Kier alpha value is -0.970. The Kier molecular flexibility index (Phi) is 5.76. The van der Waals surface area contributed by atoms with E-state index in [9.17, 15) is 0 Å². The molecule has 0 amide bonds. The van der Waals surface area contributed by atoms with Crippen LogP contribution in [0.15, 0.2) is 24.4 Å². The van der Waals surface area contributed by atoms with E-state index in [1.54, 1.807) is 0 Å². The zero-order valence-corrected chi connectivity index (χ0v) is 12.0. The Morgan fingerprint density at radius 1 is 1.26 bits per heavy atom. The van der Waals surface area contributed by atoms with Gasteiger partial charge in [-0.05, 0) is 31.5 Å². The van der Waals surface area contributed by atoms with E-state index in [2.05, 4.69) is 33.8 Å². The number of hydrogen-bond donors (Lipinski definition) is 1. The minimum Gasteiger partial charge on any atom is -0.330 e. The molecule has 2 heterocycles. The SMILES string of the molecule is CCC(CCN)N1CCN(Cc2ccccn2)CC1. The molecule has 0 bridgehead atoms. The van der Waals surface area contributed by atoms with E-state index in [1.165, 1.54) is 12.1 Å². The summed E-state index contributed by atoms with van der Waals surface area (Å²) < 4.78 is 0. The number of nitrogens with zero attached hydrogens (tertiary/aromatic N) is 3. The van der Waals surface area contributed by atoms with Gasteiger partial charge in [0.1, 0.15) is 0 Å². The molecule has 1 aliphatic heterocycles. The Morgan fingerprint density at radius 3 is 2.63 bits per heavy atom. The van der Waals surface area contributed by atoms with E-state index in [0.717, 1.165) is 45.7 Å². The highest BCUT2D eigenvalue weighted by Gasteiger charge is 2.22. The lowest BCUT2D eigenvalue weighted by atomic mass is 10.1. The van der Waals surface area contributed by atoms with Gasteiger partial charge >= 0.3 is 0 Å². The molecule has 0 aromatic carbocycles. The van der Waals surface area contributed by atoms with E-state index >= 15 is 0 Å². The minimum absolute atomic E-state index is 0.669. The van der Waals surface area contributed by atoms with Gasteiger partial charge in [0, 0.05) is 45.0 Å². The lowest BCUT2D eigenvalue weighted by Crippen LogP contribution is -2.50. The maximum Gasteiger partial charge on any atom is 0.0543 e. The highest BCUT2D eigenvalue weighted by Crippen LogP contribution is 2.13. The van der Waals surface area contributed by atoms with Gasteiger partial charge in [0.15, 0.2) is 0 Å². The van der Waals surface area contributed by atoms with E-state index in [0.29, 0.717) is 6.04 Å². The Bertz CT molecular complexity index is 346. The van der Waals surface area contributed by atoms with Gasteiger partial charge in [0.05, 0.1) is 5.69 Å². The van der Waals surface area contributed by atoms with Crippen LogP contribution in [-0.2, 0) is 6.54 Å². The van der Waals surface area contributed by atoms with Crippen LogP contribution in [0.25, 0.3) is 0 Å². The summed E-state index contributed by atoms with van der Waals surface area (Å²) >= 11 is 0. The Labute approximate surface area is 116 Å². The fraction of sp³-hybridized carbons (Fsp3) is 0.667. The molecule has 1 saturated heterocycles. The quantitative estimate of drug-likeness (QED) is 0.840. The first kappa shape index (κ1) is 14.4. The summed E-state index contributed by atoms with van der Waals surface area (Å²) in [6.07, 6.45) is 4.20. The lowest BCUT2D eigenvalue weighted by Gasteiger charge is -2.39. The van der Waals surface area contributed by atoms with Crippen LogP contribution in [-0.4, -0.2) is 53.5 Å². The second kappa shape index (κ2) is 7.58. The Morgan fingerprint density at radius 2 is 2.05 bits per heavy atom. The average molecular weight is 262 g/mol. The molecule has 1 fully saturated rings. The third-order valence-electron chi connectivity index (χ3n) is 4.01. The summed E-state index contributed by atoms with van der Waals surface area (Å²) in [5.74, 6) is 0. The second-order valence-electron chi connectivity index (χ2n) is 5.27. The summed E-state index contributed by atoms with van der Waals surface area (Å²) in [4.78, 5) is 9.49. The van der Waals surface area contributed by atoms with Gasteiger partial charge < -0.3 is 5.73 Å². The molecule has 2 N–H and O–H groups in total. The largest absolute Gasteiger partial charge is 0.330 e. The second-order valence-corrected chi connectivity index (χ2v) is 5.27. The van der Waals surface area contributed by atoms with Gasteiger partial charge in [0.25, 0.3) is 0 Å². The molecular weight excluding hydrogens is 236 g/mol. The molecular formula is C15H26N4. The topological polar surface area (TPSA) is 45.4 Å². The Balaban J connectivity index is 1.79. The minimum atomic E-state index is 0.669. The number of piperazine rings is 1.